The Morgan fingerprint density at radius 3 is 2.52 bits per heavy atom. The SMILES string of the molecule is CC[C@H](C)c1nc(C)c(Cc2c(F)cccc2Cl)c(N2CCN(C(=O)C3CC3)CC2)n1. The van der Waals surface area contributed by atoms with Crippen LogP contribution in [0.1, 0.15) is 61.7 Å². The van der Waals surface area contributed by atoms with Crippen LogP contribution in [-0.4, -0.2) is 47.0 Å². The highest BCUT2D eigenvalue weighted by Gasteiger charge is 2.35. The molecular weight excluding hydrogens is 415 g/mol. The molecule has 1 saturated heterocycles. The van der Waals surface area contributed by atoms with Gasteiger partial charge in [-0.1, -0.05) is 31.5 Å². The van der Waals surface area contributed by atoms with Gasteiger partial charge in [0.15, 0.2) is 0 Å². The van der Waals surface area contributed by atoms with E-state index in [4.69, 9.17) is 21.6 Å². The maximum absolute atomic E-state index is 14.5. The molecule has 7 heteroatoms. The zero-order valence-corrected chi connectivity index (χ0v) is 19.3. The first kappa shape index (κ1) is 22.0. The first-order valence-corrected chi connectivity index (χ1v) is 11.6. The Morgan fingerprint density at radius 1 is 1.19 bits per heavy atom. The molecule has 1 amide bonds. The van der Waals surface area contributed by atoms with E-state index < -0.39 is 0 Å². The normalized spacial score (nSPS) is 17.7. The first-order chi connectivity index (χ1) is 14.9. The van der Waals surface area contributed by atoms with Crippen LogP contribution < -0.4 is 4.90 Å². The number of nitrogens with zero attached hydrogens (tertiary/aromatic N) is 4. The predicted molar refractivity (Wildman–Crippen MR) is 121 cm³/mol. The lowest BCUT2D eigenvalue weighted by molar-refractivity contribution is -0.132. The lowest BCUT2D eigenvalue weighted by Gasteiger charge is -2.37. The number of hydrogen-bond donors (Lipinski definition) is 0. The van der Waals surface area contributed by atoms with Gasteiger partial charge in [-0.2, -0.15) is 0 Å². The molecule has 5 nitrogen and oxygen atoms in total. The molecule has 0 spiro atoms. The number of piperazine rings is 1. The van der Waals surface area contributed by atoms with Crippen LogP contribution in [0.25, 0.3) is 0 Å². The third kappa shape index (κ3) is 4.69. The smallest absolute Gasteiger partial charge is 0.225 e. The molecule has 1 aliphatic carbocycles. The second-order valence-electron chi connectivity index (χ2n) is 8.74. The number of benzene rings is 1. The van der Waals surface area contributed by atoms with E-state index >= 15 is 0 Å². The number of carbonyl (C=O) groups excluding carboxylic acids is 1. The fourth-order valence-corrected chi connectivity index (χ4v) is 4.31. The van der Waals surface area contributed by atoms with Crippen LogP contribution in [0.15, 0.2) is 18.2 Å². The van der Waals surface area contributed by atoms with Gasteiger partial charge >= 0.3 is 0 Å². The van der Waals surface area contributed by atoms with Crippen LogP contribution in [0, 0.1) is 18.7 Å². The van der Waals surface area contributed by atoms with Crippen molar-refractivity contribution in [2.45, 2.75) is 52.4 Å². The summed E-state index contributed by atoms with van der Waals surface area (Å²) in [7, 11) is 0. The fourth-order valence-electron chi connectivity index (χ4n) is 4.08. The molecule has 0 unspecified atom stereocenters. The van der Waals surface area contributed by atoms with Crippen molar-refractivity contribution in [3.63, 3.8) is 0 Å². The number of hydrogen-bond acceptors (Lipinski definition) is 4. The highest BCUT2D eigenvalue weighted by Crippen LogP contribution is 2.33. The Kier molecular flexibility index (Phi) is 6.47. The molecule has 2 aromatic rings. The standard InChI is InChI=1S/C24H30ClFN4O/c1-4-15(2)22-27-16(3)18(14-19-20(25)6-5-7-21(19)26)23(28-22)29-10-12-30(13-11-29)24(31)17-8-9-17/h5-7,15,17H,4,8-14H2,1-3H3/t15-/m0/s1. The topological polar surface area (TPSA) is 49.3 Å². The van der Waals surface area contributed by atoms with Crippen LogP contribution in [0.4, 0.5) is 10.2 Å². The minimum Gasteiger partial charge on any atom is -0.353 e. The molecule has 2 fully saturated rings. The van der Waals surface area contributed by atoms with Gasteiger partial charge in [0.2, 0.25) is 5.91 Å². The monoisotopic (exact) mass is 444 g/mol. The predicted octanol–water partition coefficient (Wildman–Crippen LogP) is 4.74. The number of anilines is 1. The van der Waals surface area contributed by atoms with Crippen LogP contribution in [0.3, 0.4) is 0 Å². The van der Waals surface area contributed by atoms with Crippen LogP contribution >= 0.6 is 11.6 Å². The summed E-state index contributed by atoms with van der Waals surface area (Å²) in [6.07, 6.45) is 3.33. The van der Waals surface area contributed by atoms with Crippen molar-refractivity contribution >= 4 is 23.3 Å². The van der Waals surface area contributed by atoms with Gasteiger partial charge in [0.05, 0.1) is 0 Å². The molecule has 0 radical (unpaired) electrons. The van der Waals surface area contributed by atoms with E-state index in [2.05, 4.69) is 18.7 Å². The molecular formula is C24H30ClFN4O. The molecule has 4 rings (SSSR count). The van der Waals surface area contributed by atoms with E-state index in [9.17, 15) is 9.18 Å². The molecule has 1 aromatic heterocycles. The largest absolute Gasteiger partial charge is 0.353 e. The zero-order chi connectivity index (χ0) is 22.1. The minimum absolute atomic E-state index is 0.237. The van der Waals surface area contributed by atoms with Crippen LogP contribution in [0.2, 0.25) is 5.02 Å². The van der Waals surface area contributed by atoms with Crippen molar-refractivity contribution in [2.75, 3.05) is 31.1 Å². The highest BCUT2D eigenvalue weighted by molar-refractivity contribution is 6.31. The highest BCUT2D eigenvalue weighted by atomic mass is 35.5. The summed E-state index contributed by atoms with van der Waals surface area (Å²) in [5, 5.41) is 0.413. The maximum Gasteiger partial charge on any atom is 0.225 e. The molecule has 0 N–H and O–H groups in total. The number of aromatic nitrogens is 2. The number of amides is 1. The minimum atomic E-state index is -0.316. The first-order valence-electron chi connectivity index (χ1n) is 11.2. The second-order valence-corrected chi connectivity index (χ2v) is 9.15. The van der Waals surface area contributed by atoms with Gasteiger partial charge in [-0.3, -0.25) is 4.79 Å². The Morgan fingerprint density at radius 2 is 1.90 bits per heavy atom. The van der Waals surface area contributed by atoms with E-state index in [0.29, 0.717) is 43.2 Å². The van der Waals surface area contributed by atoms with Crippen LogP contribution in [-0.2, 0) is 11.2 Å². The van der Waals surface area contributed by atoms with Gasteiger partial charge in [0, 0.05) is 66.3 Å². The van der Waals surface area contributed by atoms with Crippen molar-refractivity contribution in [3.05, 3.63) is 51.7 Å². The lowest BCUT2D eigenvalue weighted by atomic mass is 10.0. The number of halogens is 2. The molecule has 2 aliphatic rings. The van der Waals surface area contributed by atoms with Crippen molar-refractivity contribution in [1.29, 1.82) is 0 Å². The average molecular weight is 445 g/mol. The Bertz CT molecular complexity index is 950. The second kappa shape index (κ2) is 9.11. The number of rotatable bonds is 6. The van der Waals surface area contributed by atoms with Crippen molar-refractivity contribution in [1.82, 2.24) is 14.9 Å². The van der Waals surface area contributed by atoms with Gasteiger partial charge < -0.3 is 9.80 Å². The molecule has 1 aliphatic heterocycles. The third-order valence-corrected chi connectivity index (χ3v) is 6.85. The van der Waals surface area contributed by atoms with E-state index in [1.165, 1.54) is 6.07 Å². The summed E-state index contributed by atoms with van der Waals surface area (Å²) >= 11 is 6.32. The van der Waals surface area contributed by atoms with Gasteiger partial charge in [0.1, 0.15) is 17.5 Å². The summed E-state index contributed by atoms with van der Waals surface area (Å²) in [5.74, 6) is 2.11. The molecule has 1 saturated carbocycles. The number of aryl methyl sites for hydroxylation is 1. The summed E-state index contributed by atoms with van der Waals surface area (Å²) < 4.78 is 14.5. The molecule has 166 valence electrons. The quantitative estimate of drug-likeness (QED) is 0.645. The maximum atomic E-state index is 14.5. The van der Waals surface area contributed by atoms with Gasteiger partial charge in [-0.25, -0.2) is 14.4 Å². The molecule has 1 atom stereocenters. The van der Waals surface area contributed by atoms with Gasteiger partial charge in [-0.15, -0.1) is 0 Å². The molecule has 2 heterocycles. The average Bonchev–Trinajstić information content (AvgIpc) is 3.61. The third-order valence-electron chi connectivity index (χ3n) is 6.50. The van der Waals surface area contributed by atoms with E-state index in [-0.39, 0.29) is 23.6 Å². The Balaban J connectivity index is 1.65. The van der Waals surface area contributed by atoms with Gasteiger partial charge in [-0.05, 0) is 38.3 Å². The summed E-state index contributed by atoms with van der Waals surface area (Å²) in [6.45, 7) is 9.03. The summed E-state index contributed by atoms with van der Waals surface area (Å²) in [6, 6.07) is 4.77. The summed E-state index contributed by atoms with van der Waals surface area (Å²) in [4.78, 5) is 26.4. The van der Waals surface area contributed by atoms with Crippen LogP contribution in [0.5, 0.6) is 0 Å². The Labute approximate surface area is 188 Å². The van der Waals surface area contributed by atoms with Crippen molar-refractivity contribution < 1.29 is 9.18 Å². The van der Waals surface area contributed by atoms with Crippen molar-refractivity contribution in [3.8, 4) is 0 Å². The van der Waals surface area contributed by atoms with E-state index in [1.54, 1.807) is 12.1 Å². The Hall–Kier alpha value is -2.21. The van der Waals surface area contributed by atoms with Crippen molar-refractivity contribution in [2.24, 2.45) is 5.92 Å². The molecule has 31 heavy (non-hydrogen) atoms. The molecule has 1 aromatic carbocycles. The summed E-state index contributed by atoms with van der Waals surface area (Å²) in [5.41, 5.74) is 2.23. The van der Waals surface area contributed by atoms with E-state index in [0.717, 1.165) is 42.2 Å². The van der Waals surface area contributed by atoms with Gasteiger partial charge in [0.25, 0.3) is 0 Å². The van der Waals surface area contributed by atoms with E-state index in [1.807, 2.05) is 11.8 Å². The fraction of sp³-hybridized carbons (Fsp3) is 0.542. The number of carbonyl (C=O) groups is 1. The molecule has 0 bridgehead atoms. The lowest BCUT2D eigenvalue weighted by Crippen LogP contribution is -2.49. The zero-order valence-electron chi connectivity index (χ0n) is 18.5.